The Morgan fingerprint density at radius 1 is 1.47 bits per heavy atom. The van der Waals surface area contributed by atoms with Gasteiger partial charge >= 0.3 is 0 Å². The lowest BCUT2D eigenvalue weighted by Crippen LogP contribution is -2.49. The van der Waals surface area contributed by atoms with Crippen molar-refractivity contribution in [1.29, 1.82) is 0 Å². The van der Waals surface area contributed by atoms with Crippen LogP contribution in [0.4, 0.5) is 0 Å². The van der Waals surface area contributed by atoms with Gasteiger partial charge in [-0.25, -0.2) is 12.7 Å². The van der Waals surface area contributed by atoms with Gasteiger partial charge in [0.05, 0.1) is 5.25 Å². The zero-order chi connectivity index (χ0) is 11.5. The standard InChI is InChI=1S/C10H22N2O2S/c1-4-11-10-6-5-7-12(8-10)15(13,14)9(2)3/h9-11H,4-8H2,1-3H3. The van der Waals surface area contributed by atoms with Crippen LogP contribution in [0.25, 0.3) is 0 Å². The van der Waals surface area contributed by atoms with Gasteiger partial charge in [-0.2, -0.15) is 0 Å². The monoisotopic (exact) mass is 234 g/mol. The zero-order valence-corrected chi connectivity index (χ0v) is 10.7. The van der Waals surface area contributed by atoms with E-state index in [4.69, 9.17) is 0 Å². The van der Waals surface area contributed by atoms with Crippen LogP contribution in [-0.2, 0) is 10.0 Å². The second kappa shape index (κ2) is 5.27. The van der Waals surface area contributed by atoms with Crippen molar-refractivity contribution < 1.29 is 8.42 Å². The number of hydrogen-bond donors (Lipinski definition) is 1. The Hall–Kier alpha value is -0.130. The molecule has 1 N–H and O–H groups in total. The van der Waals surface area contributed by atoms with E-state index < -0.39 is 10.0 Å². The third-order valence-corrected chi connectivity index (χ3v) is 5.08. The van der Waals surface area contributed by atoms with Crippen LogP contribution < -0.4 is 5.32 Å². The summed E-state index contributed by atoms with van der Waals surface area (Å²) in [7, 11) is -3.06. The second-order valence-corrected chi connectivity index (χ2v) is 6.84. The normalized spacial score (nSPS) is 24.7. The zero-order valence-electron chi connectivity index (χ0n) is 9.86. The minimum absolute atomic E-state index is 0.308. The van der Waals surface area contributed by atoms with Crippen molar-refractivity contribution in [3.05, 3.63) is 0 Å². The third kappa shape index (κ3) is 3.16. The summed E-state index contributed by atoms with van der Waals surface area (Å²) in [5, 5.41) is 3.01. The molecule has 1 atom stereocenters. The molecule has 1 heterocycles. The molecular formula is C10H22N2O2S. The van der Waals surface area contributed by atoms with E-state index >= 15 is 0 Å². The van der Waals surface area contributed by atoms with E-state index in [1.807, 2.05) is 0 Å². The highest BCUT2D eigenvalue weighted by molar-refractivity contribution is 7.89. The van der Waals surface area contributed by atoms with Gasteiger partial charge in [0.25, 0.3) is 0 Å². The van der Waals surface area contributed by atoms with Gasteiger partial charge in [0.1, 0.15) is 0 Å². The molecule has 0 spiro atoms. The maximum absolute atomic E-state index is 11.9. The van der Waals surface area contributed by atoms with Gasteiger partial charge in [-0.3, -0.25) is 0 Å². The molecule has 1 aliphatic rings. The molecule has 0 radical (unpaired) electrons. The number of piperidine rings is 1. The minimum atomic E-state index is -3.06. The number of likely N-dealkylation sites (N-methyl/N-ethyl adjacent to an activating group) is 1. The van der Waals surface area contributed by atoms with Crippen LogP contribution >= 0.6 is 0 Å². The fraction of sp³-hybridized carbons (Fsp3) is 1.00. The van der Waals surface area contributed by atoms with Crippen LogP contribution in [0.3, 0.4) is 0 Å². The lowest BCUT2D eigenvalue weighted by molar-refractivity contribution is 0.284. The van der Waals surface area contributed by atoms with Gasteiger partial charge < -0.3 is 5.32 Å². The summed E-state index contributed by atoms with van der Waals surface area (Å²) in [6.07, 6.45) is 2.04. The molecule has 5 heteroatoms. The van der Waals surface area contributed by atoms with E-state index in [1.54, 1.807) is 18.2 Å². The number of nitrogens with zero attached hydrogens (tertiary/aromatic N) is 1. The molecule has 0 aromatic rings. The van der Waals surface area contributed by atoms with Crippen LogP contribution in [0.5, 0.6) is 0 Å². The summed E-state index contributed by atoms with van der Waals surface area (Å²) in [6.45, 7) is 7.76. The van der Waals surface area contributed by atoms with Crippen molar-refractivity contribution in [1.82, 2.24) is 9.62 Å². The summed E-state index contributed by atoms with van der Waals surface area (Å²) >= 11 is 0. The summed E-state index contributed by atoms with van der Waals surface area (Å²) in [5.41, 5.74) is 0. The van der Waals surface area contributed by atoms with Crippen molar-refractivity contribution in [2.45, 2.75) is 44.9 Å². The summed E-state index contributed by atoms with van der Waals surface area (Å²) in [4.78, 5) is 0. The first-order chi connectivity index (χ1) is 6.98. The molecule has 0 aliphatic carbocycles. The molecule has 4 nitrogen and oxygen atoms in total. The van der Waals surface area contributed by atoms with E-state index in [0.717, 1.165) is 19.4 Å². The average Bonchev–Trinajstić information content (AvgIpc) is 2.18. The highest BCUT2D eigenvalue weighted by Crippen LogP contribution is 2.16. The highest BCUT2D eigenvalue weighted by Gasteiger charge is 2.30. The van der Waals surface area contributed by atoms with Crippen molar-refractivity contribution in [3.8, 4) is 0 Å². The smallest absolute Gasteiger partial charge is 0.216 e. The maximum Gasteiger partial charge on any atom is 0.216 e. The van der Waals surface area contributed by atoms with E-state index in [2.05, 4.69) is 12.2 Å². The lowest BCUT2D eigenvalue weighted by Gasteiger charge is -2.33. The van der Waals surface area contributed by atoms with Gasteiger partial charge in [0.2, 0.25) is 10.0 Å². The average molecular weight is 234 g/mol. The molecule has 1 rings (SSSR count). The fourth-order valence-corrected chi connectivity index (χ4v) is 3.29. The Kier molecular flexibility index (Phi) is 4.55. The largest absolute Gasteiger partial charge is 0.313 e. The molecule has 0 saturated carbocycles. The van der Waals surface area contributed by atoms with Crippen LogP contribution in [-0.4, -0.2) is 43.6 Å². The minimum Gasteiger partial charge on any atom is -0.313 e. The van der Waals surface area contributed by atoms with Crippen LogP contribution in [0.15, 0.2) is 0 Å². The first-order valence-corrected chi connectivity index (χ1v) is 7.21. The van der Waals surface area contributed by atoms with Crippen molar-refractivity contribution in [2.75, 3.05) is 19.6 Å². The van der Waals surface area contributed by atoms with Crippen LogP contribution in [0.1, 0.15) is 33.6 Å². The van der Waals surface area contributed by atoms with E-state index in [1.165, 1.54) is 0 Å². The number of nitrogens with one attached hydrogen (secondary N) is 1. The number of rotatable bonds is 4. The van der Waals surface area contributed by atoms with E-state index in [0.29, 0.717) is 19.1 Å². The highest BCUT2D eigenvalue weighted by atomic mass is 32.2. The van der Waals surface area contributed by atoms with Gasteiger partial charge in [-0.1, -0.05) is 6.92 Å². The second-order valence-electron chi connectivity index (χ2n) is 4.35. The maximum atomic E-state index is 11.9. The first-order valence-electron chi connectivity index (χ1n) is 5.70. The predicted molar refractivity (Wildman–Crippen MR) is 62.3 cm³/mol. The molecule has 0 aromatic carbocycles. The predicted octanol–water partition coefficient (Wildman–Crippen LogP) is 0.798. The Morgan fingerprint density at radius 2 is 2.13 bits per heavy atom. The molecule has 1 fully saturated rings. The molecule has 0 bridgehead atoms. The summed E-state index contributed by atoms with van der Waals surface area (Å²) in [5.74, 6) is 0. The van der Waals surface area contributed by atoms with Crippen molar-refractivity contribution in [3.63, 3.8) is 0 Å². The first kappa shape index (κ1) is 12.9. The molecule has 1 aliphatic heterocycles. The fourth-order valence-electron chi connectivity index (χ4n) is 1.93. The van der Waals surface area contributed by atoms with Crippen LogP contribution in [0.2, 0.25) is 0 Å². The van der Waals surface area contributed by atoms with Gasteiger partial charge in [-0.05, 0) is 33.2 Å². The third-order valence-electron chi connectivity index (χ3n) is 2.83. The lowest BCUT2D eigenvalue weighted by atomic mass is 10.1. The Morgan fingerprint density at radius 3 is 2.67 bits per heavy atom. The Labute approximate surface area is 93.1 Å². The number of sulfonamides is 1. The Balaban J connectivity index is 2.64. The summed E-state index contributed by atoms with van der Waals surface area (Å²) < 4.78 is 25.5. The molecule has 1 saturated heterocycles. The van der Waals surface area contributed by atoms with E-state index in [-0.39, 0.29) is 5.25 Å². The molecule has 0 amide bonds. The van der Waals surface area contributed by atoms with Gasteiger partial charge in [-0.15, -0.1) is 0 Å². The number of hydrogen-bond acceptors (Lipinski definition) is 3. The van der Waals surface area contributed by atoms with E-state index in [9.17, 15) is 8.42 Å². The Bertz CT molecular complexity index is 286. The SMILES string of the molecule is CCNC1CCCN(S(=O)(=O)C(C)C)C1. The van der Waals surface area contributed by atoms with Crippen LogP contribution in [0, 0.1) is 0 Å². The van der Waals surface area contributed by atoms with Crippen molar-refractivity contribution in [2.24, 2.45) is 0 Å². The molecule has 15 heavy (non-hydrogen) atoms. The molecule has 1 unspecified atom stereocenters. The quantitative estimate of drug-likeness (QED) is 0.783. The van der Waals surface area contributed by atoms with Gasteiger partial charge in [0, 0.05) is 19.1 Å². The molecular weight excluding hydrogens is 212 g/mol. The van der Waals surface area contributed by atoms with Gasteiger partial charge in [0.15, 0.2) is 0 Å². The molecule has 0 aromatic heterocycles. The molecule has 90 valence electrons. The topological polar surface area (TPSA) is 49.4 Å². The summed E-state index contributed by atoms with van der Waals surface area (Å²) in [6, 6.07) is 0.331. The van der Waals surface area contributed by atoms with Crippen molar-refractivity contribution >= 4 is 10.0 Å².